The van der Waals surface area contributed by atoms with Gasteiger partial charge in [0.1, 0.15) is 5.82 Å². The van der Waals surface area contributed by atoms with Gasteiger partial charge in [-0.1, -0.05) is 12.1 Å². The smallest absolute Gasteiger partial charge is 0.322 e. The summed E-state index contributed by atoms with van der Waals surface area (Å²) in [5.41, 5.74) is 1.63. The van der Waals surface area contributed by atoms with Crippen LogP contribution in [0.1, 0.15) is 49.7 Å². The van der Waals surface area contributed by atoms with E-state index in [1.165, 1.54) is 17.0 Å². The van der Waals surface area contributed by atoms with Crippen LogP contribution < -0.4 is 10.6 Å². The van der Waals surface area contributed by atoms with Crippen molar-refractivity contribution in [3.8, 4) is 0 Å². The lowest BCUT2D eigenvalue weighted by Gasteiger charge is -2.25. The minimum absolute atomic E-state index is 0.164. The fraction of sp³-hybridized carbons (Fsp3) is 0.333. The normalized spacial score (nSPS) is 12.2. The Morgan fingerprint density at radius 3 is 2.07 bits per heavy atom. The maximum Gasteiger partial charge on any atom is 0.322 e. The number of carbonyl (C=O) groups excluding carboxylic acids is 2. The largest absolute Gasteiger partial charge is 0.347 e. The molecule has 3 amide bonds. The van der Waals surface area contributed by atoms with Crippen molar-refractivity contribution in [1.82, 2.24) is 10.2 Å². The molecular weight excluding hydrogens is 345 g/mol. The molecule has 2 rings (SSSR count). The molecule has 27 heavy (non-hydrogen) atoms. The fourth-order valence-electron chi connectivity index (χ4n) is 2.47. The number of hydrogen-bond donors (Lipinski definition) is 2. The average Bonchev–Trinajstić information content (AvgIpc) is 2.60. The molecule has 0 heterocycles. The number of carbonyl (C=O) groups is 2. The molecule has 0 aliphatic heterocycles. The van der Waals surface area contributed by atoms with E-state index in [9.17, 15) is 14.0 Å². The van der Waals surface area contributed by atoms with E-state index in [2.05, 4.69) is 10.6 Å². The summed E-state index contributed by atoms with van der Waals surface area (Å²) in [5, 5.41) is 5.69. The molecule has 0 saturated heterocycles. The number of anilines is 1. The average molecular weight is 371 g/mol. The third-order valence-electron chi connectivity index (χ3n) is 4.14. The number of amides is 3. The Labute approximate surface area is 159 Å². The van der Waals surface area contributed by atoms with Crippen LogP contribution in [0.4, 0.5) is 14.9 Å². The quantitative estimate of drug-likeness (QED) is 0.826. The highest BCUT2D eigenvalue weighted by molar-refractivity contribution is 5.96. The van der Waals surface area contributed by atoms with Gasteiger partial charge in [0.15, 0.2) is 0 Å². The van der Waals surface area contributed by atoms with E-state index in [0.717, 1.165) is 5.56 Å². The van der Waals surface area contributed by atoms with E-state index >= 15 is 0 Å². The first-order valence-corrected chi connectivity index (χ1v) is 8.79. The first-order valence-electron chi connectivity index (χ1n) is 8.79. The van der Waals surface area contributed by atoms with Crippen LogP contribution in [0.25, 0.3) is 0 Å². The maximum atomic E-state index is 13.1. The van der Waals surface area contributed by atoms with Crippen LogP contribution in [0.5, 0.6) is 0 Å². The second-order valence-corrected chi connectivity index (χ2v) is 7.55. The fourth-order valence-corrected chi connectivity index (χ4v) is 2.47. The van der Waals surface area contributed by atoms with E-state index in [-0.39, 0.29) is 29.3 Å². The second-order valence-electron chi connectivity index (χ2n) is 7.55. The van der Waals surface area contributed by atoms with E-state index in [1.807, 2.05) is 27.7 Å². The summed E-state index contributed by atoms with van der Waals surface area (Å²) >= 11 is 0. The summed E-state index contributed by atoms with van der Waals surface area (Å²) in [6.45, 7) is 7.61. The molecule has 0 unspecified atom stereocenters. The van der Waals surface area contributed by atoms with Gasteiger partial charge in [0.05, 0.1) is 6.04 Å². The highest BCUT2D eigenvalue weighted by atomic mass is 19.1. The summed E-state index contributed by atoms with van der Waals surface area (Å²) in [5.74, 6) is -0.476. The molecule has 0 aliphatic rings. The summed E-state index contributed by atoms with van der Waals surface area (Å²) < 4.78 is 13.1. The summed E-state index contributed by atoms with van der Waals surface area (Å²) in [7, 11) is 1.68. The van der Waals surface area contributed by atoms with E-state index in [0.29, 0.717) is 11.3 Å². The van der Waals surface area contributed by atoms with Gasteiger partial charge in [0.25, 0.3) is 5.91 Å². The molecule has 0 saturated carbocycles. The molecule has 0 spiro atoms. The van der Waals surface area contributed by atoms with Gasteiger partial charge in [0, 0.05) is 23.8 Å². The van der Waals surface area contributed by atoms with Crippen LogP contribution in [-0.4, -0.2) is 29.4 Å². The molecule has 1 atom stereocenters. The van der Waals surface area contributed by atoms with Gasteiger partial charge in [-0.15, -0.1) is 0 Å². The van der Waals surface area contributed by atoms with Crippen LogP contribution >= 0.6 is 0 Å². The monoisotopic (exact) mass is 371 g/mol. The van der Waals surface area contributed by atoms with Gasteiger partial charge in [0.2, 0.25) is 0 Å². The first kappa shape index (κ1) is 20.4. The molecule has 6 heteroatoms. The number of nitrogens with zero attached hydrogens (tertiary/aromatic N) is 1. The predicted octanol–water partition coefficient (Wildman–Crippen LogP) is 4.58. The Morgan fingerprint density at radius 2 is 1.56 bits per heavy atom. The van der Waals surface area contributed by atoms with Crippen LogP contribution in [0.15, 0.2) is 48.5 Å². The van der Waals surface area contributed by atoms with Crippen molar-refractivity contribution in [2.45, 2.75) is 39.3 Å². The third-order valence-corrected chi connectivity index (χ3v) is 4.14. The number of halogens is 1. The zero-order valence-electron chi connectivity index (χ0n) is 16.3. The predicted molar refractivity (Wildman–Crippen MR) is 105 cm³/mol. The number of urea groups is 1. The molecule has 2 N–H and O–H groups in total. The van der Waals surface area contributed by atoms with Crippen molar-refractivity contribution in [3.05, 3.63) is 65.5 Å². The topological polar surface area (TPSA) is 61.4 Å². The lowest BCUT2D eigenvalue weighted by molar-refractivity contribution is 0.0919. The Hall–Kier alpha value is -2.89. The Kier molecular flexibility index (Phi) is 6.20. The Morgan fingerprint density at radius 1 is 1.00 bits per heavy atom. The molecule has 144 valence electrons. The number of benzene rings is 2. The van der Waals surface area contributed by atoms with Crippen LogP contribution in [0, 0.1) is 5.82 Å². The highest BCUT2D eigenvalue weighted by Crippen LogP contribution is 2.20. The summed E-state index contributed by atoms with van der Waals surface area (Å²) in [6.07, 6.45) is 0. The Bertz CT molecular complexity index is 796. The second kappa shape index (κ2) is 8.20. The molecule has 0 radical (unpaired) electrons. The summed E-state index contributed by atoms with van der Waals surface area (Å²) in [4.78, 5) is 26.1. The van der Waals surface area contributed by atoms with Crippen molar-refractivity contribution in [2.24, 2.45) is 0 Å². The number of hydrogen-bond acceptors (Lipinski definition) is 2. The zero-order valence-corrected chi connectivity index (χ0v) is 16.3. The lowest BCUT2D eigenvalue weighted by atomic mass is 10.1. The van der Waals surface area contributed by atoms with Crippen LogP contribution in [0.2, 0.25) is 0 Å². The number of rotatable bonds is 4. The van der Waals surface area contributed by atoms with Crippen LogP contribution in [0.3, 0.4) is 0 Å². The number of nitrogens with one attached hydrogen (secondary N) is 2. The highest BCUT2D eigenvalue weighted by Gasteiger charge is 2.18. The zero-order chi connectivity index (χ0) is 20.2. The van der Waals surface area contributed by atoms with E-state index < -0.39 is 0 Å². The molecule has 5 nitrogen and oxygen atoms in total. The van der Waals surface area contributed by atoms with Gasteiger partial charge in [-0.25, -0.2) is 9.18 Å². The van der Waals surface area contributed by atoms with E-state index in [4.69, 9.17) is 0 Å². The maximum absolute atomic E-state index is 13.1. The molecule has 0 aromatic heterocycles. The van der Waals surface area contributed by atoms with Gasteiger partial charge in [-0.05, 0) is 69.7 Å². The molecule has 0 bridgehead atoms. The minimum Gasteiger partial charge on any atom is -0.347 e. The standard InChI is InChI=1S/C21H26FN3O2/c1-14(15-6-10-17(22)11-7-15)25(5)20(27)23-18-12-8-16(9-13-18)19(26)24-21(2,3)4/h6-14H,1-5H3,(H,23,27)(H,24,26)/t14-/m1/s1. The van der Waals surface area contributed by atoms with Gasteiger partial charge < -0.3 is 15.5 Å². The molecule has 0 fully saturated rings. The van der Waals surface area contributed by atoms with Crippen molar-refractivity contribution < 1.29 is 14.0 Å². The molecular formula is C21H26FN3O2. The van der Waals surface area contributed by atoms with Gasteiger partial charge >= 0.3 is 6.03 Å². The first-order chi connectivity index (χ1) is 12.6. The summed E-state index contributed by atoms with van der Waals surface area (Å²) in [6, 6.07) is 12.3. The van der Waals surface area contributed by atoms with Crippen molar-refractivity contribution >= 4 is 17.6 Å². The van der Waals surface area contributed by atoms with Crippen molar-refractivity contribution in [2.75, 3.05) is 12.4 Å². The van der Waals surface area contributed by atoms with Crippen LogP contribution in [-0.2, 0) is 0 Å². The lowest BCUT2D eigenvalue weighted by Crippen LogP contribution is -2.40. The van der Waals surface area contributed by atoms with E-state index in [1.54, 1.807) is 43.4 Å². The Balaban J connectivity index is 2.00. The van der Waals surface area contributed by atoms with Gasteiger partial charge in [-0.3, -0.25) is 4.79 Å². The SMILES string of the molecule is C[C@H](c1ccc(F)cc1)N(C)C(=O)Nc1ccc(C(=O)NC(C)(C)C)cc1. The molecule has 0 aliphatic carbocycles. The molecule has 2 aromatic carbocycles. The van der Waals surface area contributed by atoms with Crippen molar-refractivity contribution in [3.63, 3.8) is 0 Å². The molecule has 2 aromatic rings. The minimum atomic E-state index is -0.316. The van der Waals surface area contributed by atoms with Gasteiger partial charge in [-0.2, -0.15) is 0 Å². The van der Waals surface area contributed by atoms with Crippen molar-refractivity contribution in [1.29, 1.82) is 0 Å². The third kappa shape index (κ3) is 5.81.